The molecule has 23 heavy (non-hydrogen) atoms. The van der Waals surface area contributed by atoms with Crippen LogP contribution in [0.2, 0.25) is 0 Å². The fourth-order valence-corrected chi connectivity index (χ4v) is 2.42. The average Bonchev–Trinajstić information content (AvgIpc) is 2.53. The first-order valence-corrected chi connectivity index (χ1v) is 7.53. The summed E-state index contributed by atoms with van der Waals surface area (Å²) in [4.78, 5) is 27.2. The highest BCUT2D eigenvalue weighted by Crippen LogP contribution is 2.32. The van der Waals surface area contributed by atoms with E-state index < -0.39 is 4.92 Å². The number of rotatable bonds is 7. The van der Waals surface area contributed by atoms with Crippen molar-refractivity contribution in [2.45, 2.75) is 32.6 Å². The molecule has 6 heteroatoms. The van der Waals surface area contributed by atoms with E-state index in [4.69, 9.17) is 5.73 Å². The molecule has 120 valence electrons. The Hall–Kier alpha value is -2.76. The highest BCUT2D eigenvalue weighted by Gasteiger charge is 2.24. The number of nitrogens with two attached hydrogens (primary N) is 1. The third-order valence-electron chi connectivity index (χ3n) is 3.64. The second kappa shape index (κ2) is 7.49. The Morgan fingerprint density at radius 2 is 2.09 bits per heavy atom. The van der Waals surface area contributed by atoms with Crippen molar-refractivity contribution in [2.75, 3.05) is 5.73 Å². The zero-order chi connectivity index (χ0) is 16.8. The van der Waals surface area contributed by atoms with Gasteiger partial charge in [0, 0.05) is 35.9 Å². The van der Waals surface area contributed by atoms with Crippen LogP contribution in [0.1, 0.15) is 47.8 Å². The molecule has 2 aromatic rings. The number of hydrogen-bond donors (Lipinski definition) is 1. The molecule has 0 amide bonds. The minimum Gasteiger partial charge on any atom is -0.393 e. The fraction of sp³-hybridized carbons (Fsp3) is 0.294. The molecule has 0 aliphatic rings. The van der Waals surface area contributed by atoms with E-state index in [1.54, 1.807) is 30.5 Å². The van der Waals surface area contributed by atoms with Gasteiger partial charge in [-0.2, -0.15) is 0 Å². The van der Waals surface area contributed by atoms with E-state index in [1.807, 2.05) is 13.0 Å². The minimum absolute atomic E-state index is 0.0514. The van der Waals surface area contributed by atoms with Crippen LogP contribution in [0.3, 0.4) is 0 Å². The van der Waals surface area contributed by atoms with Crippen LogP contribution in [-0.4, -0.2) is 15.7 Å². The average molecular weight is 313 g/mol. The molecule has 0 spiro atoms. The van der Waals surface area contributed by atoms with E-state index in [-0.39, 0.29) is 22.7 Å². The zero-order valence-electron chi connectivity index (χ0n) is 13.0. The van der Waals surface area contributed by atoms with Crippen LogP contribution in [0.5, 0.6) is 0 Å². The van der Waals surface area contributed by atoms with E-state index >= 15 is 0 Å². The van der Waals surface area contributed by atoms with E-state index in [0.717, 1.165) is 12.8 Å². The lowest BCUT2D eigenvalue weighted by molar-refractivity contribution is -0.384. The van der Waals surface area contributed by atoms with Crippen molar-refractivity contribution in [2.24, 2.45) is 0 Å². The first-order valence-electron chi connectivity index (χ1n) is 7.53. The van der Waals surface area contributed by atoms with Crippen molar-refractivity contribution < 1.29 is 9.72 Å². The normalized spacial score (nSPS) is 10.5. The number of ketones is 1. The molecular weight excluding hydrogens is 294 g/mol. The Morgan fingerprint density at radius 1 is 1.30 bits per heavy atom. The Kier molecular flexibility index (Phi) is 5.41. The Balaban J connectivity index is 2.39. The summed E-state index contributed by atoms with van der Waals surface area (Å²) in [5.41, 5.74) is 7.08. The molecule has 0 atom stereocenters. The zero-order valence-corrected chi connectivity index (χ0v) is 13.0. The third kappa shape index (κ3) is 3.91. The van der Waals surface area contributed by atoms with Crippen molar-refractivity contribution in [3.63, 3.8) is 0 Å². The molecule has 0 bridgehead atoms. The number of Topliss-reactive ketones (excluding diaryl/α,β-unsaturated/α-hetero) is 1. The molecule has 1 heterocycles. The van der Waals surface area contributed by atoms with E-state index in [0.29, 0.717) is 24.1 Å². The van der Waals surface area contributed by atoms with E-state index in [9.17, 15) is 14.9 Å². The first kappa shape index (κ1) is 16.6. The molecule has 0 fully saturated rings. The van der Waals surface area contributed by atoms with Gasteiger partial charge in [-0.1, -0.05) is 25.5 Å². The monoisotopic (exact) mass is 313 g/mol. The van der Waals surface area contributed by atoms with E-state index in [1.165, 1.54) is 0 Å². The molecule has 0 aliphatic heterocycles. The van der Waals surface area contributed by atoms with Gasteiger partial charge in [0.05, 0.1) is 4.92 Å². The Morgan fingerprint density at radius 3 is 2.70 bits per heavy atom. The predicted molar refractivity (Wildman–Crippen MR) is 88.4 cm³/mol. The third-order valence-corrected chi connectivity index (χ3v) is 3.64. The summed E-state index contributed by atoms with van der Waals surface area (Å²) in [5.74, 6) is -0.156. The molecule has 0 aliphatic carbocycles. The summed E-state index contributed by atoms with van der Waals surface area (Å²) in [6, 6.07) is 8.57. The number of pyridine rings is 1. The highest BCUT2D eigenvalue weighted by molar-refractivity contribution is 6.02. The molecule has 0 unspecified atom stereocenters. The quantitative estimate of drug-likeness (QED) is 0.365. The molecule has 0 saturated heterocycles. The van der Waals surface area contributed by atoms with Crippen LogP contribution < -0.4 is 5.73 Å². The van der Waals surface area contributed by atoms with Crippen molar-refractivity contribution in [1.29, 1.82) is 0 Å². The number of nitrogens with zero attached hydrogens (tertiary/aromatic N) is 2. The molecule has 0 saturated carbocycles. The molecule has 2 rings (SSSR count). The Bertz CT molecular complexity index is 715. The number of benzene rings is 1. The van der Waals surface area contributed by atoms with Gasteiger partial charge in [-0.3, -0.25) is 19.9 Å². The summed E-state index contributed by atoms with van der Waals surface area (Å²) in [5, 5.41) is 11.4. The van der Waals surface area contributed by atoms with Gasteiger partial charge in [0.15, 0.2) is 5.78 Å². The van der Waals surface area contributed by atoms with Crippen LogP contribution in [0.4, 0.5) is 11.4 Å². The largest absolute Gasteiger partial charge is 0.393 e. The van der Waals surface area contributed by atoms with Gasteiger partial charge in [-0.15, -0.1) is 0 Å². The number of anilines is 1. The van der Waals surface area contributed by atoms with Crippen LogP contribution >= 0.6 is 0 Å². The van der Waals surface area contributed by atoms with Gasteiger partial charge in [0.25, 0.3) is 5.69 Å². The summed E-state index contributed by atoms with van der Waals surface area (Å²) in [7, 11) is 0. The van der Waals surface area contributed by atoms with Gasteiger partial charge in [-0.25, -0.2) is 0 Å². The number of carbonyl (C=O) groups is 1. The van der Waals surface area contributed by atoms with E-state index in [2.05, 4.69) is 4.98 Å². The molecular formula is C17H19N3O3. The van der Waals surface area contributed by atoms with Crippen LogP contribution in [-0.2, 0) is 6.42 Å². The summed E-state index contributed by atoms with van der Waals surface area (Å²) >= 11 is 0. The first-order chi connectivity index (χ1) is 11.0. The lowest BCUT2D eigenvalue weighted by Crippen LogP contribution is -2.09. The maximum Gasteiger partial charge on any atom is 0.296 e. The molecule has 2 N–H and O–H groups in total. The number of nitro benzene ring substituents is 1. The van der Waals surface area contributed by atoms with Gasteiger partial charge in [-0.05, 0) is 24.6 Å². The highest BCUT2D eigenvalue weighted by atomic mass is 16.6. The number of hydrogen-bond acceptors (Lipinski definition) is 5. The summed E-state index contributed by atoms with van der Waals surface area (Å²) in [6.07, 6.45) is 3.89. The number of nitro groups is 1. The number of unbranched alkanes of at least 4 members (excludes halogenated alkanes) is 1. The number of carbonyl (C=O) groups excluding carboxylic acids is 1. The lowest BCUT2D eigenvalue weighted by atomic mass is 9.98. The summed E-state index contributed by atoms with van der Waals surface area (Å²) < 4.78 is 0. The molecule has 1 aromatic carbocycles. The van der Waals surface area contributed by atoms with Crippen molar-refractivity contribution in [1.82, 2.24) is 4.98 Å². The van der Waals surface area contributed by atoms with Gasteiger partial charge < -0.3 is 5.73 Å². The van der Waals surface area contributed by atoms with Gasteiger partial charge >= 0.3 is 0 Å². The Labute approximate surface area is 134 Å². The molecule has 6 nitrogen and oxygen atoms in total. The smallest absolute Gasteiger partial charge is 0.296 e. The fourth-order valence-electron chi connectivity index (χ4n) is 2.42. The molecule has 1 aromatic heterocycles. The maximum atomic E-state index is 12.2. The summed E-state index contributed by atoms with van der Waals surface area (Å²) in [6.45, 7) is 1.98. The SMILES string of the molecule is CCCCC(=O)c1ccc(Cc2ccccn2)c([N+](=O)[O-])c1N. The number of aromatic nitrogens is 1. The second-order valence-corrected chi connectivity index (χ2v) is 5.32. The van der Waals surface area contributed by atoms with Crippen molar-refractivity contribution >= 4 is 17.2 Å². The predicted octanol–water partition coefficient (Wildman–Crippen LogP) is 3.54. The topological polar surface area (TPSA) is 99.1 Å². The second-order valence-electron chi connectivity index (χ2n) is 5.32. The minimum atomic E-state index is -0.524. The van der Waals surface area contributed by atoms with Gasteiger partial charge in [0.1, 0.15) is 5.69 Å². The van der Waals surface area contributed by atoms with Crippen LogP contribution in [0.15, 0.2) is 36.5 Å². The van der Waals surface area contributed by atoms with Crippen molar-refractivity contribution in [3.8, 4) is 0 Å². The number of nitrogen functional groups attached to an aromatic ring is 1. The maximum absolute atomic E-state index is 12.2. The molecule has 0 radical (unpaired) electrons. The van der Waals surface area contributed by atoms with Crippen molar-refractivity contribution in [3.05, 3.63) is 63.5 Å². The van der Waals surface area contributed by atoms with Gasteiger partial charge in [0.2, 0.25) is 0 Å². The van der Waals surface area contributed by atoms with Crippen LogP contribution in [0.25, 0.3) is 0 Å². The lowest BCUT2D eigenvalue weighted by Gasteiger charge is -2.09. The standard InChI is InChI=1S/C17H19N3O3/c1-2-3-7-15(21)14-9-8-12(17(16(14)18)20(22)23)11-13-6-4-5-10-19-13/h4-6,8-10H,2-3,7,11,18H2,1H3. The van der Waals surface area contributed by atoms with Crippen LogP contribution in [0, 0.1) is 10.1 Å².